The Kier molecular flexibility index (Phi) is 4.02. The van der Waals surface area contributed by atoms with E-state index in [1.807, 2.05) is 18.4 Å². The van der Waals surface area contributed by atoms with Crippen LogP contribution in [0.3, 0.4) is 0 Å². The molecule has 0 bridgehead atoms. The number of allylic oxidation sites excluding steroid dienone is 1. The van der Waals surface area contributed by atoms with Crippen molar-refractivity contribution in [2.75, 3.05) is 5.32 Å². The predicted octanol–water partition coefficient (Wildman–Crippen LogP) is 2.73. The molecular formula is C12H9N5O2S. The topological polar surface area (TPSA) is 105 Å². The van der Waals surface area contributed by atoms with Gasteiger partial charge in [-0.2, -0.15) is 5.26 Å². The fourth-order valence-electron chi connectivity index (χ4n) is 1.35. The van der Waals surface area contributed by atoms with Crippen molar-refractivity contribution in [3.8, 4) is 6.07 Å². The second-order valence-electron chi connectivity index (χ2n) is 3.77. The van der Waals surface area contributed by atoms with Crippen LogP contribution >= 0.6 is 11.3 Å². The highest BCUT2D eigenvalue weighted by Crippen LogP contribution is 2.19. The minimum atomic E-state index is -0.522. The van der Waals surface area contributed by atoms with E-state index in [-0.39, 0.29) is 5.69 Å². The van der Waals surface area contributed by atoms with Gasteiger partial charge in [-0.05, 0) is 13.0 Å². The van der Waals surface area contributed by atoms with Crippen molar-refractivity contribution in [1.82, 2.24) is 9.97 Å². The fraction of sp³-hybridized carbons (Fsp3) is 0.0833. The molecule has 0 radical (unpaired) electrons. The molecule has 20 heavy (non-hydrogen) atoms. The van der Waals surface area contributed by atoms with Crippen LogP contribution in [0.2, 0.25) is 0 Å². The molecule has 2 aromatic rings. The second kappa shape index (κ2) is 5.90. The summed E-state index contributed by atoms with van der Waals surface area (Å²) in [7, 11) is 0. The average Bonchev–Trinajstić information content (AvgIpc) is 2.86. The SMILES string of the molecule is Cc1csc(/C(C#N)=C/Nc2ccc([N+](=O)[O-])cn2)n1. The van der Waals surface area contributed by atoms with E-state index in [0.717, 1.165) is 11.9 Å². The van der Waals surface area contributed by atoms with Gasteiger partial charge >= 0.3 is 0 Å². The Bertz CT molecular complexity index is 699. The Morgan fingerprint density at radius 1 is 1.60 bits per heavy atom. The highest BCUT2D eigenvalue weighted by molar-refractivity contribution is 7.10. The summed E-state index contributed by atoms with van der Waals surface area (Å²) in [4.78, 5) is 18.1. The molecule has 2 heterocycles. The molecule has 0 aliphatic rings. The molecule has 0 saturated heterocycles. The number of thiazole rings is 1. The van der Waals surface area contributed by atoms with E-state index in [2.05, 4.69) is 15.3 Å². The Morgan fingerprint density at radius 2 is 2.40 bits per heavy atom. The van der Waals surface area contributed by atoms with Gasteiger partial charge in [-0.3, -0.25) is 10.1 Å². The molecule has 7 nitrogen and oxygen atoms in total. The van der Waals surface area contributed by atoms with E-state index in [1.165, 1.54) is 29.7 Å². The van der Waals surface area contributed by atoms with Crippen molar-refractivity contribution in [2.24, 2.45) is 0 Å². The molecule has 0 unspecified atom stereocenters. The first kappa shape index (κ1) is 13.6. The lowest BCUT2D eigenvalue weighted by molar-refractivity contribution is -0.385. The lowest BCUT2D eigenvalue weighted by atomic mass is 10.3. The molecule has 0 amide bonds. The molecule has 2 rings (SSSR count). The van der Waals surface area contributed by atoms with Crippen molar-refractivity contribution in [3.63, 3.8) is 0 Å². The van der Waals surface area contributed by atoms with Crippen LogP contribution in [0, 0.1) is 28.4 Å². The maximum Gasteiger partial charge on any atom is 0.287 e. The van der Waals surface area contributed by atoms with E-state index in [0.29, 0.717) is 16.4 Å². The number of nitrogens with one attached hydrogen (secondary N) is 1. The normalized spacial score (nSPS) is 10.9. The second-order valence-corrected chi connectivity index (χ2v) is 4.63. The highest BCUT2D eigenvalue weighted by atomic mass is 32.1. The summed E-state index contributed by atoms with van der Waals surface area (Å²) in [5.41, 5.74) is 1.14. The minimum absolute atomic E-state index is 0.0874. The Balaban J connectivity index is 2.15. The number of aryl methyl sites for hydroxylation is 1. The summed E-state index contributed by atoms with van der Waals surface area (Å²) in [5, 5.41) is 24.9. The number of nitriles is 1. The first-order valence-electron chi connectivity index (χ1n) is 5.50. The van der Waals surface area contributed by atoms with E-state index in [4.69, 9.17) is 5.26 Å². The molecule has 0 spiro atoms. The van der Waals surface area contributed by atoms with Crippen molar-refractivity contribution in [3.05, 3.63) is 50.7 Å². The molecule has 100 valence electrons. The highest BCUT2D eigenvalue weighted by Gasteiger charge is 2.07. The lowest BCUT2D eigenvalue weighted by Crippen LogP contribution is -1.95. The van der Waals surface area contributed by atoms with Gasteiger partial charge < -0.3 is 5.32 Å². The van der Waals surface area contributed by atoms with Crippen molar-refractivity contribution in [1.29, 1.82) is 5.26 Å². The third-order valence-corrected chi connectivity index (χ3v) is 3.29. The number of anilines is 1. The van der Waals surface area contributed by atoms with Crippen LogP contribution in [0.15, 0.2) is 29.9 Å². The van der Waals surface area contributed by atoms with Crippen LogP contribution in [0.1, 0.15) is 10.7 Å². The molecule has 0 aliphatic carbocycles. The number of rotatable bonds is 4. The summed E-state index contributed by atoms with van der Waals surface area (Å²) in [6.45, 7) is 1.85. The van der Waals surface area contributed by atoms with Gasteiger partial charge in [-0.25, -0.2) is 9.97 Å². The smallest absolute Gasteiger partial charge is 0.287 e. The third-order valence-electron chi connectivity index (χ3n) is 2.29. The van der Waals surface area contributed by atoms with Gasteiger partial charge in [0, 0.05) is 23.3 Å². The maximum absolute atomic E-state index is 10.5. The van der Waals surface area contributed by atoms with Crippen LogP contribution in [0.5, 0.6) is 0 Å². The van der Waals surface area contributed by atoms with Crippen molar-refractivity contribution < 1.29 is 4.92 Å². The van der Waals surface area contributed by atoms with Crippen LogP contribution in [-0.4, -0.2) is 14.9 Å². The molecular weight excluding hydrogens is 278 g/mol. The predicted molar refractivity (Wildman–Crippen MR) is 75.0 cm³/mol. The van der Waals surface area contributed by atoms with Crippen LogP contribution in [0.4, 0.5) is 11.5 Å². The zero-order valence-corrected chi connectivity index (χ0v) is 11.2. The minimum Gasteiger partial charge on any atom is -0.345 e. The monoisotopic (exact) mass is 287 g/mol. The standard InChI is InChI=1S/C12H9N5O2S/c1-8-7-20-12(16-8)9(4-13)5-14-11-3-2-10(6-15-11)17(18)19/h2-3,5-7H,1H3,(H,14,15)/b9-5+. The van der Waals surface area contributed by atoms with E-state index in [1.54, 1.807) is 0 Å². The van der Waals surface area contributed by atoms with Crippen molar-refractivity contribution in [2.45, 2.75) is 6.92 Å². The third kappa shape index (κ3) is 3.15. The van der Waals surface area contributed by atoms with Gasteiger partial charge in [-0.1, -0.05) is 0 Å². The molecule has 2 aromatic heterocycles. The van der Waals surface area contributed by atoms with E-state index in [9.17, 15) is 10.1 Å². The van der Waals surface area contributed by atoms with Gasteiger partial charge in [0.25, 0.3) is 5.69 Å². The van der Waals surface area contributed by atoms with Gasteiger partial charge in [0.05, 0.1) is 4.92 Å². The molecule has 0 saturated carbocycles. The van der Waals surface area contributed by atoms with Gasteiger partial charge in [0.15, 0.2) is 0 Å². The molecule has 0 aliphatic heterocycles. The Labute approximate surface area is 118 Å². The zero-order chi connectivity index (χ0) is 14.5. The summed E-state index contributed by atoms with van der Waals surface area (Å²) in [6, 6.07) is 4.85. The summed E-state index contributed by atoms with van der Waals surface area (Å²) in [5.74, 6) is 0.414. The quantitative estimate of drug-likeness (QED) is 0.526. The molecule has 0 fully saturated rings. The number of hydrogen-bond acceptors (Lipinski definition) is 7. The largest absolute Gasteiger partial charge is 0.345 e. The zero-order valence-electron chi connectivity index (χ0n) is 10.4. The first-order chi connectivity index (χ1) is 9.60. The van der Waals surface area contributed by atoms with Gasteiger partial charge in [0.1, 0.15) is 28.7 Å². The fourth-order valence-corrected chi connectivity index (χ4v) is 2.11. The maximum atomic E-state index is 10.5. The lowest BCUT2D eigenvalue weighted by Gasteiger charge is -1.99. The van der Waals surface area contributed by atoms with Crippen LogP contribution in [-0.2, 0) is 0 Å². The average molecular weight is 287 g/mol. The summed E-state index contributed by atoms with van der Waals surface area (Å²) < 4.78 is 0. The molecule has 1 N–H and O–H groups in total. The Morgan fingerprint density at radius 3 is 2.90 bits per heavy atom. The number of nitrogens with zero attached hydrogens (tertiary/aromatic N) is 4. The number of nitro groups is 1. The van der Waals surface area contributed by atoms with Crippen LogP contribution in [0.25, 0.3) is 5.57 Å². The molecule has 0 atom stereocenters. The first-order valence-corrected chi connectivity index (χ1v) is 6.38. The van der Waals surface area contributed by atoms with Gasteiger partial charge in [0.2, 0.25) is 0 Å². The Hall–Kier alpha value is -2.79. The van der Waals surface area contributed by atoms with E-state index < -0.39 is 4.92 Å². The number of hydrogen-bond donors (Lipinski definition) is 1. The van der Waals surface area contributed by atoms with E-state index >= 15 is 0 Å². The van der Waals surface area contributed by atoms with Crippen LogP contribution < -0.4 is 5.32 Å². The number of pyridine rings is 1. The number of aromatic nitrogens is 2. The molecule has 0 aromatic carbocycles. The van der Waals surface area contributed by atoms with Crippen molar-refractivity contribution >= 4 is 28.4 Å². The summed E-state index contributed by atoms with van der Waals surface area (Å²) in [6.07, 6.45) is 2.63. The van der Waals surface area contributed by atoms with Gasteiger partial charge in [-0.15, -0.1) is 11.3 Å². The molecule has 8 heteroatoms. The summed E-state index contributed by atoms with van der Waals surface area (Å²) >= 11 is 1.37.